The second kappa shape index (κ2) is 5.27. The molecule has 0 saturated heterocycles. The van der Waals surface area contributed by atoms with E-state index in [1.165, 1.54) is 0 Å². The number of aromatic nitrogens is 1. The van der Waals surface area contributed by atoms with Gasteiger partial charge < -0.3 is 4.90 Å². The molecule has 89 valence electrons. The molecule has 1 aromatic heterocycles. The van der Waals surface area contributed by atoms with E-state index in [1.807, 2.05) is 24.3 Å². The molecule has 1 aromatic carbocycles. The first kappa shape index (κ1) is 12.0. The molecule has 0 aliphatic heterocycles. The maximum Gasteiger partial charge on any atom is 0.204 e. The minimum absolute atomic E-state index is 0.277. The third-order valence-corrected chi connectivity index (χ3v) is 3.30. The fourth-order valence-electron chi connectivity index (χ4n) is 1.80. The quantitative estimate of drug-likeness (QED) is 0.823. The summed E-state index contributed by atoms with van der Waals surface area (Å²) in [5.41, 5.74) is 4.91. The van der Waals surface area contributed by atoms with Gasteiger partial charge in [-0.15, -0.1) is 0 Å². The van der Waals surface area contributed by atoms with E-state index in [0.717, 1.165) is 35.7 Å². The minimum atomic E-state index is -0.277. The summed E-state index contributed by atoms with van der Waals surface area (Å²) >= 11 is 0.906. The molecule has 2 aromatic rings. The Kier molecular flexibility index (Phi) is 3.74. The lowest BCUT2D eigenvalue weighted by Crippen LogP contribution is -2.21. The topological polar surface area (TPSA) is 16.1 Å². The van der Waals surface area contributed by atoms with Crippen molar-refractivity contribution < 1.29 is 4.39 Å². The predicted molar refractivity (Wildman–Crippen MR) is 69.9 cm³/mol. The molecule has 4 heteroatoms. The molecular formula is C13H14FN2S. The Hall–Kier alpha value is -1.42. The van der Waals surface area contributed by atoms with Gasteiger partial charge in [-0.25, -0.2) is 4.98 Å². The molecule has 1 radical (unpaired) electrons. The SMILES string of the molecule is CCN(CC)c1ccc(-c2n[c]sc2F)cc1. The van der Waals surface area contributed by atoms with E-state index in [1.54, 1.807) is 0 Å². The van der Waals surface area contributed by atoms with Crippen LogP contribution in [-0.4, -0.2) is 18.1 Å². The Labute approximate surface area is 105 Å². The van der Waals surface area contributed by atoms with Gasteiger partial charge in [-0.05, 0) is 26.0 Å². The number of benzene rings is 1. The first-order valence-corrected chi connectivity index (χ1v) is 6.45. The molecule has 2 nitrogen and oxygen atoms in total. The molecule has 0 amide bonds. The Morgan fingerprint density at radius 1 is 1.24 bits per heavy atom. The van der Waals surface area contributed by atoms with Crippen molar-refractivity contribution in [2.24, 2.45) is 0 Å². The van der Waals surface area contributed by atoms with E-state index in [0.29, 0.717) is 5.69 Å². The number of thiazole rings is 1. The van der Waals surface area contributed by atoms with Gasteiger partial charge >= 0.3 is 0 Å². The van der Waals surface area contributed by atoms with Crippen LogP contribution in [0.15, 0.2) is 24.3 Å². The summed E-state index contributed by atoms with van der Waals surface area (Å²) in [5, 5.41) is -0.277. The van der Waals surface area contributed by atoms with Gasteiger partial charge in [-0.2, -0.15) is 4.39 Å². The molecule has 0 atom stereocenters. The van der Waals surface area contributed by atoms with Crippen LogP contribution in [0.3, 0.4) is 0 Å². The maximum absolute atomic E-state index is 13.3. The maximum atomic E-state index is 13.3. The van der Waals surface area contributed by atoms with Crippen LogP contribution in [0, 0.1) is 10.6 Å². The highest BCUT2D eigenvalue weighted by atomic mass is 32.1. The smallest absolute Gasteiger partial charge is 0.204 e. The summed E-state index contributed by atoms with van der Waals surface area (Å²) in [5.74, 6) is 0. The fourth-order valence-corrected chi connectivity index (χ4v) is 2.27. The minimum Gasteiger partial charge on any atom is -0.372 e. The number of nitrogens with zero attached hydrogens (tertiary/aromatic N) is 2. The third kappa shape index (κ3) is 2.47. The zero-order chi connectivity index (χ0) is 12.3. The van der Waals surface area contributed by atoms with Crippen molar-refractivity contribution in [3.63, 3.8) is 0 Å². The van der Waals surface area contributed by atoms with E-state index in [2.05, 4.69) is 29.2 Å². The molecule has 0 spiro atoms. The molecule has 17 heavy (non-hydrogen) atoms. The highest BCUT2D eigenvalue weighted by molar-refractivity contribution is 7.07. The molecule has 0 unspecified atom stereocenters. The van der Waals surface area contributed by atoms with Gasteiger partial charge in [0.05, 0.1) is 0 Å². The lowest BCUT2D eigenvalue weighted by molar-refractivity contribution is 0.657. The van der Waals surface area contributed by atoms with Crippen LogP contribution in [0.1, 0.15) is 13.8 Å². The Morgan fingerprint density at radius 2 is 1.88 bits per heavy atom. The van der Waals surface area contributed by atoms with Gasteiger partial charge in [0.1, 0.15) is 5.69 Å². The summed E-state index contributed by atoms with van der Waals surface area (Å²) in [6.07, 6.45) is 0. The average Bonchev–Trinajstić information content (AvgIpc) is 2.78. The second-order valence-corrected chi connectivity index (χ2v) is 4.39. The van der Waals surface area contributed by atoms with Crippen LogP contribution in [-0.2, 0) is 0 Å². The van der Waals surface area contributed by atoms with Crippen molar-refractivity contribution in [2.75, 3.05) is 18.0 Å². The van der Waals surface area contributed by atoms with Crippen molar-refractivity contribution in [3.8, 4) is 11.3 Å². The predicted octanol–water partition coefficient (Wildman–Crippen LogP) is 3.60. The van der Waals surface area contributed by atoms with Gasteiger partial charge in [0.25, 0.3) is 0 Å². The Bertz CT molecular complexity index is 474. The molecule has 2 rings (SSSR count). The lowest BCUT2D eigenvalue weighted by atomic mass is 10.1. The van der Waals surface area contributed by atoms with Gasteiger partial charge in [0, 0.05) is 24.3 Å². The van der Waals surface area contributed by atoms with Crippen LogP contribution in [0.4, 0.5) is 10.1 Å². The lowest BCUT2D eigenvalue weighted by Gasteiger charge is -2.20. The Morgan fingerprint density at radius 3 is 2.35 bits per heavy atom. The van der Waals surface area contributed by atoms with E-state index in [9.17, 15) is 4.39 Å². The van der Waals surface area contributed by atoms with Crippen LogP contribution >= 0.6 is 11.3 Å². The van der Waals surface area contributed by atoms with Crippen molar-refractivity contribution in [3.05, 3.63) is 34.9 Å². The van der Waals surface area contributed by atoms with Gasteiger partial charge in [-0.3, -0.25) is 0 Å². The van der Waals surface area contributed by atoms with Crippen molar-refractivity contribution in [1.82, 2.24) is 4.98 Å². The van der Waals surface area contributed by atoms with E-state index >= 15 is 0 Å². The van der Waals surface area contributed by atoms with Crippen LogP contribution in [0.25, 0.3) is 11.3 Å². The Balaban J connectivity index is 2.27. The monoisotopic (exact) mass is 249 g/mol. The normalized spacial score (nSPS) is 10.5. The number of halogens is 1. The second-order valence-electron chi connectivity index (χ2n) is 3.65. The summed E-state index contributed by atoms with van der Waals surface area (Å²) < 4.78 is 13.3. The standard InChI is InChI=1S/C13H14FN2S/c1-3-16(4-2)11-7-5-10(6-8-11)12-13(14)17-9-15-12/h5-8H,3-4H2,1-2H3. The summed E-state index contributed by atoms with van der Waals surface area (Å²) in [7, 11) is 0. The molecule has 0 fully saturated rings. The molecular weight excluding hydrogens is 235 g/mol. The number of hydrogen-bond acceptors (Lipinski definition) is 3. The first-order valence-electron chi connectivity index (χ1n) is 5.64. The highest BCUT2D eigenvalue weighted by Gasteiger charge is 2.09. The number of rotatable bonds is 4. The van der Waals surface area contributed by atoms with E-state index in [-0.39, 0.29) is 5.13 Å². The van der Waals surface area contributed by atoms with Crippen molar-refractivity contribution >= 4 is 17.0 Å². The average molecular weight is 249 g/mol. The molecule has 0 aliphatic carbocycles. The highest BCUT2D eigenvalue weighted by Crippen LogP contribution is 2.25. The third-order valence-electron chi connectivity index (χ3n) is 2.75. The number of anilines is 1. The molecule has 1 heterocycles. The number of hydrogen-bond donors (Lipinski definition) is 0. The van der Waals surface area contributed by atoms with Crippen molar-refractivity contribution in [2.45, 2.75) is 13.8 Å². The van der Waals surface area contributed by atoms with E-state index in [4.69, 9.17) is 0 Å². The fraction of sp³-hybridized carbons (Fsp3) is 0.308. The molecule has 0 aliphatic rings. The zero-order valence-corrected chi connectivity index (χ0v) is 10.7. The molecule has 0 bridgehead atoms. The van der Waals surface area contributed by atoms with E-state index < -0.39 is 0 Å². The van der Waals surface area contributed by atoms with Gasteiger partial charge in [0.2, 0.25) is 5.13 Å². The summed E-state index contributed by atoms with van der Waals surface area (Å²) in [4.78, 5) is 6.15. The van der Waals surface area contributed by atoms with Crippen LogP contribution in [0.5, 0.6) is 0 Å². The van der Waals surface area contributed by atoms with Gasteiger partial charge in [-0.1, -0.05) is 23.5 Å². The van der Waals surface area contributed by atoms with Gasteiger partial charge in [0.15, 0.2) is 5.51 Å². The van der Waals surface area contributed by atoms with Crippen molar-refractivity contribution in [1.29, 1.82) is 0 Å². The first-order chi connectivity index (χ1) is 8.26. The van der Waals surface area contributed by atoms with Crippen LogP contribution < -0.4 is 4.90 Å². The molecule has 0 saturated carbocycles. The molecule has 0 N–H and O–H groups in total. The largest absolute Gasteiger partial charge is 0.372 e. The zero-order valence-electron chi connectivity index (χ0n) is 9.90. The summed E-state index contributed by atoms with van der Waals surface area (Å²) in [6, 6.07) is 7.81. The summed E-state index contributed by atoms with van der Waals surface area (Å²) in [6.45, 7) is 6.17. The van der Waals surface area contributed by atoms with Crippen LogP contribution in [0.2, 0.25) is 0 Å².